The standard InChI is InChI=1S/C10H12N2O/c1-3-7-4-9(12)5-8(6-11)10(7)13-2/h4-5H,3,12H2,1-2H3. The van der Waals surface area contributed by atoms with Gasteiger partial charge in [-0.3, -0.25) is 0 Å². The molecule has 0 unspecified atom stereocenters. The summed E-state index contributed by atoms with van der Waals surface area (Å²) in [6.45, 7) is 2.00. The molecule has 0 saturated heterocycles. The number of nitriles is 1. The zero-order chi connectivity index (χ0) is 9.84. The predicted molar refractivity (Wildman–Crippen MR) is 51.5 cm³/mol. The molecule has 0 amide bonds. The van der Waals surface area contributed by atoms with Crippen LogP contribution in [0, 0.1) is 11.3 Å². The maximum Gasteiger partial charge on any atom is 0.139 e. The van der Waals surface area contributed by atoms with Gasteiger partial charge in [-0.2, -0.15) is 5.26 Å². The predicted octanol–water partition coefficient (Wildman–Crippen LogP) is 1.71. The second kappa shape index (κ2) is 3.81. The maximum absolute atomic E-state index is 8.81. The molecule has 0 aliphatic rings. The summed E-state index contributed by atoms with van der Waals surface area (Å²) in [5.74, 6) is 0.638. The molecule has 0 atom stereocenters. The highest BCUT2D eigenvalue weighted by atomic mass is 16.5. The summed E-state index contributed by atoms with van der Waals surface area (Å²) in [4.78, 5) is 0. The highest BCUT2D eigenvalue weighted by Crippen LogP contribution is 2.26. The summed E-state index contributed by atoms with van der Waals surface area (Å²) in [7, 11) is 1.56. The third-order valence-electron chi connectivity index (χ3n) is 1.89. The number of anilines is 1. The Morgan fingerprint density at radius 1 is 1.54 bits per heavy atom. The van der Waals surface area contributed by atoms with E-state index in [0.717, 1.165) is 12.0 Å². The maximum atomic E-state index is 8.81. The highest BCUT2D eigenvalue weighted by Gasteiger charge is 2.08. The van der Waals surface area contributed by atoms with E-state index in [-0.39, 0.29) is 0 Å². The monoisotopic (exact) mass is 176 g/mol. The first-order chi connectivity index (χ1) is 6.22. The zero-order valence-corrected chi connectivity index (χ0v) is 7.79. The van der Waals surface area contributed by atoms with Crippen LogP contribution in [0.3, 0.4) is 0 Å². The van der Waals surface area contributed by atoms with Gasteiger partial charge in [0.15, 0.2) is 0 Å². The lowest BCUT2D eigenvalue weighted by Crippen LogP contribution is -1.97. The molecular weight excluding hydrogens is 164 g/mol. The molecule has 0 saturated carbocycles. The second-order valence-corrected chi connectivity index (χ2v) is 2.73. The summed E-state index contributed by atoms with van der Waals surface area (Å²) >= 11 is 0. The van der Waals surface area contributed by atoms with E-state index < -0.39 is 0 Å². The number of benzene rings is 1. The Morgan fingerprint density at radius 3 is 2.69 bits per heavy atom. The van der Waals surface area contributed by atoms with Gasteiger partial charge in [0, 0.05) is 5.69 Å². The molecule has 0 radical (unpaired) electrons. The third kappa shape index (κ3) is 1.73. The molecule has 0 aliphatic heterocycles. The fourth-order valence-electron chi connectivity index (χ4n) is 1.30. The molecule has 0 aliphatic carbocycles. The molecule has 1 aromatic rings. The Hall–Kier alpha value is -1.69. The number of nitrogen functional groups attached to an aromatic ring is 1. The number of methoxy groups -OCH3 is 1. The topological polar surface area (TPSA) is 59.0 Å². The lowest BCUT2D eigenvalue weighted by atomic mass is 10.1. The van der Waals surface area contributed by atoms with Crippen LogP contribution in [-0.4, -0.2) is 7.11 Å². The smallest absolute Gasteiger partial charge is 0.139 e. The van der Waals surface area contributed by atoms with Gasteiger partial charge in [0.05, 0.1) is 12.7 Å². The summed E-state index contributed by atoms with van der Waals surface area (Å²) in [5.41, 5.74) is 7.70. The fourth-order valence-corrected chi connectivity index (χ4v) is 1.30. The first-order valence-corrected chi connectivity index (χ1v) is 4.09. The molecule has 1 rings (SSSR count). The van der Waals surface area contributed by atoms with Crippen molar-refractivity contribution >= 4 is 5.69 Å². The van der Waals surface area contributed by atoms with Crippen molar-refractivity contribution < 1.29 is 4.74 Å². The van der Waals surface area contributed by atoms with E-state index in [1.807, 2.05) is 13.0 Å². The van der Waals surface area contributed by atoms with E-state index in [9.17, 15) is 0 Å². The summed E-state index contributed by atoms with van der Waals surface area (Å²) in [6.07, 6.45) is 0.808. The van der Waals surface area contributed by atoms with Crippen LogP contribution in [0.5, 0.6) is 5.75 Å². The Kier molecular flexibility index (Phi) is 2.76. The molecule has 13 heavy (non-hydrogen) atoms. The molecular formula is C10H12N2O. The molecule has 2 N–H and O–H groups in total. The van der Waals surface area contributed by atoms with Gasteiger partial charge in [-0.1, -0.05) is 6.92 Å². The van der Waals surface area contributed by atoms with Crippen molar-refractivity contribution in [2.45, 2.75) is 13.3 Å². The van der Waals surface area contributed by atoms with Crippen LogP contribution in [0.4, 0.5) is 5.69 Å². The lowest BCUT2D eigenvalue weighted by Gasteiger charge is -2.09. The molecule has 0 fully saturated rings. The summed E-state index contributed by atoms with van der Waals surface area (Å²) < 4.78 is 5.14. The SMILES string of the molecule is CCc1cc(N)cc(C#N)c1OC. The van der Waals surface area contributed by atoms with Crippen molar-refractivity contribution in [3.8, 4) is 11.8 Å². The fraction of sp³-hybridized carbons (Fsp3) is 0.300. The number of nitrogens with two attached hydrogens (primary N) is 1. The van der Waals surface area contributed by atoms with E-state index in [4.69, 9.17) is 15.7 Å². The summed E-state index contributed by atoms with van der Waals surface area (Å²) in [5, 5.41) is 8.81. The minimum Gasteiger partial charge on any atom is -0.495 e. The lowest BCUT2D eigenvalue weighted by molar-refractivity contribution is 0.409. The summed E-state index contributed by atoms with van der Waals surface area (Å²) in [6, 6.07) is 5.51. The molecule has 1 aromatic carbocycles. The number of nitrogens with zero attached hydrogens (tertiary/aromatic N) is 1. The molecule has 3 heteroatoms. The van der Waals surface area contributed by atoms with Crippen LogP contribution in [0.25, 0.3) is 0 Å². The minimum atomic E-state index is 0.499. The number of ether oxygens (including phenoxy) is 1. The Morgan fingerprint density at radius 2 is 2.23 bits per heavy atom. The molecule has 0 bridgehead atoms. The van der Waals surface area contributed by atoms with Crippen LogP contribution in [0.1, 0.15) is 18.1 Å². The van der Waals surface area contributed by atoms with Crippen LogP contribution >= 0.6 is 0 Å². The van der Waals surface area contributed by atoms with E-state index in [1.165, 1.54) is 0 Å². The van der Waals surface area contributed by atoms with Crippen LogP contribution in [-0.2, 0) is 6.42 Å². The van der Waals surface area contributed by atoms with Crippen molar-refractivity contribution in [3.05, 3.63) is 23.3 Å². The van der Waals surface area contributed by atoms with Crippen molar-refractivity contribution in [2.24, 2.45) is 0 Å². The van der Waals surface area contributed by atoms with Gasteiger partial charge in [0.25, 0.3) is 0 Å². The molecule has 68 valence electrons. The van der Waals surface area contributed by atoms with E-state index in [2.05, 4.69) is 6.07 Å². The molecule has 3 nitrogen and oxygen atoms in total. The van der Waals surface area contributed by atoms with Gasteiger partial charge in [-0.15, -0.1) is 0 Å². The Bertz CT molecular complexity index is 353. The Labute approximate surface area is 77.7 Å². The van der Waals surface area contributed by atoms with Gasteiger partial charge >= 0.3 is 0 Å². The normalized spacial score (nSPS) is 9.31. The van der Waals surface area contributed by atoms with Crippen molar-refractivity contribution in [3.63, 3.8) is 0 Å². The largest absolute Gasteiger partial charge is 0.495 e. The first kappa shape index (κ1) is 9.40. The van der Waals surface area contributed by atoms with Gasteiger partial charge in [0.2, 0.25) is 0 Å². The number of hydrogen-bond acceptors (Lipinski definition) is 3. The van der Waals surface area contributed by atoms with Crippen LogP contribution < -0.4 is 10.5 Å². The number of hydrogen-bond donors (Lipinski definition) is 1. The average molecular weight is 176 g/mol. The van der Waals surface area contributed by atoms with Crippen LogP contribution in [0.15, 0.2) is 12.1 Å². The van der Waals surface area contributed by atoms with Gasteiger partial charge in [0.1, 0.15) is 11.8 Å². The minimum absolute atomic E-state index is 0.499. The molecule has 0 heterocycles. The van der Waals surface area contributed by atoms with Crippen molar-refractivity contribution in [1.29, 1.82) is 5.26 Å². The number of aryl methyl sites for hydroxylation is 1. The van der Waals surface area contributed by atoms with Gasteiger partial charge in [-0.05, 0) is 24.1 Å². The second-order valence-electron chi connectivity index (χ2n) is 2.73. The quantitative estimate of drug-likeness (QED) is 0.698. The molecule has 0 spiro atoms. The van der Waals surface area contributed by atoms with Crippen LogP contribution in [0.2, 0.25) is 0 Å². The van der Waals surface area contributed by atoms with Crippen molar-refractivity contribution in [2.75, 3.05) is 12.8 Å². The van der Waals surface area contributed by atoms with E-state index in [0.29, 0.717) is 17.0 Å². The average Bonchev–Trinajstić information content (AvgIpc) is 2.16. The van der Waals surface area contributed by atoms with Gasteiger partial charge < -0.3 is 10.5 Å². The van der Waals surface area contributed by atoms with E-state index >= 15 is 0 Å². The Balaban J connectivity index is 3.36. The first-order valence-electron chi connectivity index (χ1n) is 4.09. The highest BCUT2D eigenvalue weighted by molar-refractivity contribution is 5.57. The van der Waals surface area contributed by atoms with Gasteiger partial charge in [-0.25, -0.2) is 0 Å². The van der Waals surface area contributed by atoms with E-state index in [1.54, 1.807) is 13.2 Å². The molecule has 0 aromatic heterocycles. The van der Waals surface area contributed by atoms with Crippen molar-refractivity contribution in [1.82, 2.24) is 0 Å². The number of rotatable bonds is 2. The zero-order valence-electron chi connectivity index (χ0n) is 7.79. The third-order valence-corrected chi connectivity index (χ3v) is 1.89.